The van der Waals surface area contributed by atoms with E-state index in [0.717, 1.165) is 11.1 Å². The van der Waals surface area contributed by atoms with Crippen LogP contribution in [0.25, 0.3) is 0 Å². The smallest absolute Gasteiger partial charge is 0.251 e. The number of nitrogens with zero attached hydrogens (tertiary/aromatic N) is 2. The molecule has 0 aliphatic carbocycles. The van der Waals surface area contributed by atoms with Crippen molar-refractivity contribution in [2.24, 2.45) is 12.8 Å². The second-order valence-electron chi connectivity index (χ2n) is 4.29. The van der Waals surface area contributed by atoms with Gasteiger partial charge in [0.15, 0.2) is 0 Å². The van der Waals surface area contributed by atoms with Crippen molar-refractivity contribution >= 4 is 5.91 Å². The van der Waals surface area contributed by atoms with E-state index in [1.165, 1.54) is 0 Å². The maximum Gasteiger partial charge on any atom is 0.251 e. The molecule has 0 atom stereocenters. The third-order valence-electron chi connectivity index (χ3n) is 2.69. The number of nitrogens with two attached hydrogens (primary N) is 1. The molecule has 0 unspecified atom stereocenters. The number of hydrogen-bond donors (Lipinski definition) is 2. The topological polar surface area (TPSA) is 72.9 Å². The van der Waals surface area contributed by atoms with E-state index in [1.54, 1.807) is 23.0 Å². The summed E-state index contributed by atoms with van der Waals surface area (Å²) in [7, 11) is 1.84. The van der Waals surface area contributed by atoms with Gasteiger partial charge in [-0.05, 0) is 24.3 Å². The molecule has 1 aromatic carbocycles. The first-order valence-electron chi connectivity index (χ1n) is 6.24. The Morgan fingerprint density at radius 1 is 1.40 bits per heavy atom. The molecule has 5 nitrogen and oxygen atoms in total. The molecule has 0 aliphatic heterocycles. The third kappa shape index (κ3) is 3.70. The van der Waals surface area contributed by atoms with Gasteiger partial charge in [-0.15, -0.1) is 0 Å². The standard InChI is InChI=1S/C15H16N4O/c1-19-11-13(10-18-19)9-17-15(20)14-6-4-12(5-7-14)3-2-8-16/h4-7,10-11H,8-9,16H2,1H3,(H,17,20). The van der Waals surface area contributed by atoms with Gasteiger partial charge in [0, 0.05) is 36.5 Å². The Bertz CT molecular complexity index is 647. The molecule has 5 heteroatoms. The van der Waals surface area contributed by atoms with Gasteiger partial charge in [-0.25, -0.2) is 0 Å². The molecule has 0 fully saturated rings. The first-order chi connectivity index (χ1) is 9.69. The fraction of sp³-hybridized carbons (Fsp3) is 0.200. The molecule has 1 heterocycles. The summed E-state index contributed by atoms with van der Waals surface area (Å²) >= 11 is 0. The van der Waals surface area contributed by atoms with Crippen LogP contribution in [-0.2, 0) is 13.6 Å². The number of benzene rings is 1. The Hall–Kier alpha value is -2.58. The number of aryl methyl sites for hydroxylation is 1. The number of aromatic nitrogens is 2. The predicted octanol–water partition coefficient (Wildman–Crippen LogP) is 0.660. The highest BCUT2D eigenvalue weighted by molar-refractivity contribution is 5.94. The fourth-order valence-corrected chi connectivity index (χ4v) is 1.71. The average Bonchev–Trinajstić information content (AvgIpc) is 2.89. The number of hydrogen-bond acceptors (Lipinski definition) is 3. The lowest BCUT2D eigenvalue weighted by molar-refractivity contribution is 0.0951. The lowest BCUT2D eigenvalue weighted by Crippen LogP contribution is -2.22. The number of rotatable bonds is 3. The molecule has 3 N–H and O–H groups in total. The molecule has 0 radical (unpaired) electrons. The van der Waals surface area contributed by atoms with Gasteiger partial charge in [0.1, 0.15) is 0 Å². The zero-order valence-electron chi connectivity index (χ0n) is 11.3. The van der Waals surface area contributed by atoms with Crippen LogP contribution in [-0.4, -0.2) is 22.2 Å². The minimum absolute atomic E-state index is 0.118. The van der Waals surface area contributed by atoms with Gasteiger partial charge in [-0.2, -0.15) is 5.10 Å². The molecule has 0 saturated heterocycles. The Morgan fingerprint density at radius 3 is 2.75 bits per heavy atom. The molecule has 1 amide bonds. The van der Waals surface area contributed by atoms with Crippen LogP contribution in [0, 0.1) is 11.8 Å². The summed E-state index contributed by atoms with van der Waals surface area (Å²) in [4.78, 5) is 12.0. The van der Waals surface area contributed by atoms with Crippen molar-refractivity contribution in [3.05, 3.63) is 53.3 Å². The van der Waals surface area contributed by atoms with Crippen molar-refractivity contribution in [1.82, 2.24) is 15.1 Å². The van der Waals surface area contributed by atoms with E-state index in [4.69, 9.17) is 5.73 Å². The summed E-state index contributed by atoms with van der Waals surface area (Å²) in [6, 6.07) is 7.11. The van der Waals surface area contributed by atoms with E-state index in [2.05, 4.69) is 22.3 Å². The molecule has 0 bridgehead atoms. The van der Waals surface area contributed by atoms with Gasteiger partial charge in [0.05, 0.1) is 12.7 Å². The van der Waals surface area contributed by atoms with Gasteiger partial charge in [-0.3, -0.25) is 9.48 Å². The molecule has 2 rings (SSSR count). The second-order valence-corrected chi connectivity index (χ2v) is 4.29. The monoisotopic (exact) mass is 268 g/mol. The van der Waals surface area contributed by atoms with Gasteiger partial charge < -0.3 is 11.1 Å². The van der Waals surface area contributed by atoms with Crippen LogP contribution >= 0.6 is 0 Å². The molecular formula is C15H16N4O. The van der Waals surface area contributed by atoms with Crippen molar-refractivity contribution in [3.63, 3.8) is 0 Å². The lowest BCUT2D eigenvalue weighted by Gasteiger charge is -2.03. The van der Waals surface area contributed by atoms with Crippen LogP contribution in [0.1, 0.15) is 21.5 Å². The van der Waals surface area contributed by atoms with Crippen molar-refractivity contribution in [2.45, 2.75) is 6.54 Å². The van der Waals surface area contributed by atoms with E-state index >= 15 is 0 Å². The van der Waals surface area contributed by atoms with Crippen LogP contribution in [0.5, 0.6) is 0 Å². The van der Waals surface area contributed by atoms with E-state index in [0.29, 0.717) is 18.7 Å². The van der Waals surface area contributed by atoms with Gasteiger partial charge in [-0.1, -0.05) is 11.8 Å². The summed E-state index contributed by atoms with van der Waals surface area (Å²) in [6.45, 7) is 0.786. The first kappa shape index (κ1) is 13.8. The predicted molar refractivity (Wildman–Crippen MR) is 76.8 cm³/mol. The van der Waals surface area contributed by atoms with Crippen molar-refractivity contribution in [1.29, 1.82) is 0 Å². The van der Waals surface area contributed by atoms with Crippen LogP contribution in [0.15, 0.2) is 36.7 Å². The fourth-order valence-electron chi connectivity index (χ4n) is 1.71. The molecule has 2 aromatic rings. The molecule has 20 heavy (non-hydrogen) atoms. The zero-order chi connectivity index (χ0) is 14.4. The maximum atomic E-state index is 12.0. The summed E-state index contributed by atoms with van der Waals surface area (Å²) in [5.74, 6) is 5.57. The van der Waals surface area contributed by atoms with Crippen LogP contribution in [0.2, 0.25) is 0 Å². The second kappa shape index (κ2) is 6.55. The minimum atomic E-state index is -0.118. The van der Waals surface area contributed by atoms with Crippen LogP contribution < -0.4 is 11.1 Å². The highest BCUT2D eigenvalue weighted by Crippen LogP contribution is 2.04. The summed E-state index contributed by atoms with van der Waals surface area (Å²) in [6.07, 6.45) is 3.59. The summed E-state index contributed by atoms with van der Waals surface area (Å²) in [5.41, 5.74) is 7.72. The minimum Gasteiger partial charge on any atom is -0.348 e. The molecular weight excluding hydrogens is 252 g/mol. The Kier molecular flexibility index (Phi) is 4.53. The van der Waals surface area contributed by atoms with Crippen LogP contribution in [0.4, 0.5) is 0 Å². The van der Waals surface area contributed by atoms with Crippen molar-refractivity contribution in [2.75, 3.05) is 6.54 Å². The molecule has 0 saturated carbocycles. The van der Waals surface area contributed by atoms with Crippen molar-refractivity contribution in [3.8, 4) is 11.8 Å². The summed E-state index contributed by atoms with van der Waals surface area (Å²) < 4.78 is 1.70. The van der Waals surface area contributed by atoms with Gasteiger partial charge >= 0.3 is 0 Å². The number of carbonyl (C=O) groups excluding carboxylic acids is 1. The van der Waals surface area contributed by atoms with E-state index in [-0.39, 0.29) is 5.91 Å². The normalized spacial score (nSPS) is 9.70. The van der Waals surface area contributed by atoms with Gasteiger partial charge in [0.2, 0.25) is 0 Å². The lowest BCUT2D eigenvalue weighted by atomic mass is 10.1. The largest absolute Gasteiger partial charge is 0.348 e. The highest BCUT2D eigenvalue weighted by Gasteiger charge is 2.05. The third-order valence-corrected chi connectivity index (χ3v) is 2.69. The first-order valence-corrected chi connectivity index (χ1v) is 6.24. The van der Waals surface area contributed by atoms with Crippen LogP contribution in [0.3, 0.4) is 0 Å². The Morgan fingerprint density at radius 2 is 2.15 bits per heavy atom. The molecule has 0 spiro atoms. The van der Waals surface area contributed by atoms with Gasteiger partial charge in [0.25, 0.3) is 5.91 Å². The number of carbonyl (C=O) groups is 1. The highest BCUT2D eigenvalue weighted by atomic mass is 16.1. The molecule has 102 valence electrons. The molecule has 1 aromatic heterocycles. The zero-order valence-corrected chi connectivity index (χ0v) is 11.3. The molecule has 0 aliphatic rings. The van der Waals surface area contributed by atoms with E-state index in [9.17, 15) is 4.79 Å². The SMILES string of the molecule is Cn1cc(CNC(=O)c2ccc(C#CCN)cc2)cn1. The van der Waals surface area contributed by atoms with E-state index in [1.807, 2.05) is 25.4 Å². The number of amides is 1. The number of nitrogens with one attached hydrogen (secondary N) is 1. The Labute approximate surface area is 117 Å². The van der Waals surface area contributed by atoms with Crippen molar-refractivity contribution < 1.29 is 4.79 Å². The van der Waals surface area contributed by atoms with E-state index < -0.39 is 0 Å². The quantitative estimate of drug-likeness (QED) is 0.803. The Balaban J connectivity index is 1.95. The maximum absolute atomic E-state index is 12.0. The summed E-state index contributed by atoms with van der Waals surface area (Å²) in [5, 5.41) is 6.89. The average molecular weight is 268 g/mol.